The van der Waals surface area contributed by atoms with Gasteiger partial charge in [0.25, 0.3) is 0 Å². The number of aryl methyl sites for hydroxylation is 1. The van der Waals surface area contributed by atoms with Crippen LogP contribution in [0.4, 0.5) is 5.69 Å². The molecule has 2 amide bonds. The molecule has 1 atom stereocenters. The zero-order valence-electron chi connectivity index (χ0n) is 19.5. The molecule has 0 aliphatic heterocycles. The number of nitrogens with zero attached hydrogens (tertiary/aromatic N) is 1. The first kappa shape index (κ1) is 23.8. The number of ether oxygens (including phenoxy) is 1. The summed E-state index contributed by atoms with van der Waals surface area (Å²) in [7, 11) is 1.62. The zero-order valence-corrected chi connectivity index (χ0v) is 19.5. The molecule has 0 aromatic heterocycles. The van der Waals surface area contributed by atoms with E-state index in [1.54, 1.807) is 19.3 Å². The molecule has 33 heavy (non-hydrogen) atoms. The summed E-state index contributed by atoms with van der Waals surface area (Å²) in [5, 5.41) is 2.81. The fourth-order valence-electron chi connectivity index (χ4n) is 3.69. The maximum Gasteiger partial charge on any atom is 0.247 e. The van der Waals surface area contributed by atoms with Crippen molar-refractivity contribution < 1.29 is 14.3 Å². The van der Waals surface area contributed by atoms with Crippen molar-refractivity contribution >= 4 is 23.6 Å². The van der Waals surface area contributed by atoms with Crippen molar-refractivity contribution in [1.82, 2.24) is 4.90 Å². The minimum atomic E-state index is -0.213. The smallest absolute Gasteiger partial charge is 0.247 e. The lowest BCUT2D eigenvalue weighted by Crippen LogP contribution is -2.32. The average Bonchev–Trinajstić information content (AvgIpc) is 2.81. The number of methoxy groups -OCH3 is 1. The van der Waals surface area contributed by atoms with E-state index in [-0.39, 0.29) is 17.9 Å². The number of amides is 2. The molecule has 0 saturated heterocycles. The van der Waals surface area contributed by atoms with Crippen LogP contribution >= 0.6 is 0 Å². The minimum Gasteiger partial charge on any atom is -0.496 e. The second-order valence-electron chi connectivity index (χ2n) is 8.01. The van der Waals surface area contributed by atoms with Crippen molar-refractivity contribution in [3.8, 4) is 5.75 Å². The van der Waals surface area contributed by atoms with Crippen LogP contribution < -0.4 is 10.1 Å². The maximum absolute atomic E-state index is 13.4. The number of rotatable bonds is 8. The third-order valence-corrected chi connectivity index (χ3v) is 5.43. The number of anilines is 1. The molecule has 0 heterocycles. The molecule has 0 saturated carbocycles. The van der Waals surface area contributed by atoms with Crippen molar-refractivity contribution in [1.29, 1.82) is 0 Å². The molecule has 0 bridgehead atoms. The fraction of sp³-hybridized carbons (Fsp3) is 0.214. The molecule has 0 spiro atoms. The van der Waals surface area contributed by atoms with Crippen molar-refractivity contribution in [2.75, 3.05) is 12.4 Å². The van der Waals surface area contributed by atoms with Gasteiger partial charge in [-0.1, -0.05) is 54.1 Å². The zero-order chi connectivity index (χ0) is 23.8. The topological polar surface area (TPSA) is 58.6 Å². The first-order valence-corrected chi connectivity index (χ1v) is 10.9. The fourth-order valence-corrected chi connectivity index (χ4v) is 3.69. The predicted octanol–water partition coefficient (Wildman–Crippen LogP) is 5.77. The number of carbonyl (C=O) groups excluding carboxylic acids is 2. The molecule has 170 valence electrons. The summed E-state index contributed by atoms with van der Waals surface area (Å²) in [5.41, 5.74) is 4.63. The molecule has 0 radical (unpaired) electrons. The molecular weight excluding hydrogens is 412 g/mol. The number of nitrogens with one attached hydrogen (secondary N) is 1. The number of hydrogen-bond donors (Lipinski definition) is 1. The molecule has 3 aromatic rings. The van der Waals surface area contributed by atoms with Gasteiger partial charge in [-0.2, -0.15) is 0 Å². The van der Waals surface area contributed by atoms with Crippen LogP contribution in [0.25, 0.3) is 6.08 Å². The van der Waals surface area contributed by atoms with Crippen LogP contribution in [0.5, 0.6) is 5.75 Å². The van der Waals surface area contributed by atoms with Gasteiger partial charge in [0.05, 0.1) is 13.2 Å². The van der Waals surface area contributed by atoms with Crippen molar-refractivity contribution in [3.63, 3.8) is 0 Å². The summed E-state index contributed by atoms with van der Waals surface area (Å²) in [6.45, 7) is 5.94. The van der Waals surface area contributed by atoms with E-state index in [0.29, 0.717) is 12.2 Å². The molecule has 1 unspecified atom stereocenters. The highest BCUT2D eigenvalue weighted by molar-refractivity contribution is 5.92. The van der Waals surface area contributed by atoms with Crippen LogP contribution in [0.15, 0.2) is 78.9 Å². The lowest BCUT2D eigenvalue weighted by atomic mass is 10.0. The Hall–Kier alpha value is -3.86. The van der Waals surface area contributed by atoms with Crippen LogP contribution in [0.1, 0.15) is 42.1 Å². The molecule has 0 aliphatic carbocycles. The normalized spacial score (nSPS) is 11.8. The van der Waals surface area contributed by atoms with Crippen LogP contribution in [-0.2, 0) is 16.1 Å². The van der Waals surface area contributed by atoms with E-state index in [9.17, 15) is 9.59 Å². The van der Waals surface area contributed by atoms with Crippen LogP contribution in [-0.4, -0.2) is 23.8 Å². The molecule has 1 N–H and O–H groups in total. The van der Waals surface area contributed by atoms with Gasteiger partial charge in [-0.05, 0) is 55.3 Å². The molecule has 0 fully saturated rings. The Morgan fingerprint density at radius 2 is 1.79 bits per heavy atom. The van der Waals surface area contributed by atoms with Gasteiger partial charge in [0.2, 0.25) is 11.8 Å². The highest BCUT2D eigenvalue weighted by atomic mass is 16.5. The van der Waals surface area contributed by atoms with E-state index in [1.807, 2.05) is 91.5 Å². The van der Waals surface area contributed by atoms with Crippen molar-refractivity contribution in [2.24, 2.45) is 0 Å². The summed E-state index contributed by atoms with van der Waals surface area (Å²) in [4.78, 5) is 26.7. The van der Waals surface area contributed by atoms with Gasteiger partial charge in [0, 0.05) is 30.8 Å². The first-order valence-electron chi connectivity index (χ1n) is 10.9. The van der Waals surface area contributed by atoms with E-state index >= 15 is 0 Å². The Bertz CT molecular complexity index is 1140. The molecule has 5 nitrogen and oxygen atoms in total. The molecule has 3 aromatic carbocycles. The Kier molecular flexibility index (Phi) is 8.03. The molecule has 5 heteroatoms. The number of carbonyl (C=O) groups is 2. The molecule has 3 rings (SSSR count). The molecular formula is C28H30N2O3. The lowest BCUT2D eigenvalue weighted by molar-refractivity contribution is -0.128. The quantitative estimate of drug-likeness (QED) is 0.451. The van der Waals surface area contributed by atoms with Gasteiger partial charge in [0.15, 0.2) is 0 Å². The van der Waals surface area contributed by atoms with Crippen molar-refractivity contribution in [3.05, 3.63) is 101 Å². The van der Waals surface area contributed by atoms with E-state index in [1.165, 1.54) is 6.92 Å². The van der Waals surface area contributed by atoms with E-state index in [2.05, 4.69) is 5.32 Å². The van der Waals surface area contributed by atoms with Crippen LogP contribution in [0.3, 0.4) is 0 Å². The Balaban J connectivity index is 1.92. The minimum absolute atomic E-state index is 0.111. The summed E-state index contributed by atoms with van der Waals surface area (Å²) >= 11 is 0. The van der Waals surface area contributed by atoms with Crippen LogP contribution in [0.2, 0.25) is 0 Å². The molecule has 0 aliphatic rings. The Morgan fingerprint density at radius 1 is 1.03 bits per heavy atom. The van der Waals surface area contributed by atoms with Gasteiger partial charge >= 0.3 is 0 Å². The van der Waals surface area contributed by atoms with Gasteiger partial charge in [0.1, 0.15) is 5.75 Å². The van der Waals surface area contributed by atoms with Gasteiger partial charge in [-0.15, -0.1) is 0 Å². The standard InChI is InChI=1S/C28H30N2O3/c1-20-13-15-27(33-4)25(17-20)14-16-28(32)30(19-23-9-6-5-7-10-23)21(2)24-11-8-12-26(18-24)29-22(3)31/h5-18,21H,19H2,1-4H3,(H,29,31)/b16-14+. The van der Waals surface area contributed by atoms with Crippen LogP contribution in [0, 0.1) is 6.92 Å². The Labute approximate surface area is 195 Å². The lowest BCUT2D eigenvalue weighted by Gasteiger charge is -2.29. The second kappa shape index (κ2) is 11.1. The highest BCUT2D eigenvalue weighted by Gasteiger charge is 2.21. The number of hydrogen-bond acceptors (Lipinski definition) is 3. The van der Waals surface area contributed by atoms with E-state index < -0.39 is 0 Å². The second-order valence-corrected chi connectivity index (χ2v) is 8.01. The predicted molar refractivity (Wildman–Crippen MR) is 133 cm³/mol. The monoisotopic (exact) mass is 442 g/mol. The highest BCUT2D eigenvalue weighted by Crippen LogP contribution is 2.26. The van der Waals surface area contributed by atoms with Gasteiger partial charge in [-0.3, -0.25) is 9.59 Å². The van der Waals surface area contributed by atoms with Gasteiger partial charge in [-0.25, -0.2) is 0 Å². The van der Waals surface area contributed by atoms with E-state index in [4.69, 9.17) is 4.74 Å². The third-order valence-electron chi connectivity index (χ3n) is 5.43. The number of benzene rings is 3. The largest absolute Gasteiger partial charge is 0.496 e. The summed E-state index contributed by atoms with van der Waals surface area (Å²) in [6, 6.07) is 23.2. The third kappa shape index (κ3) is 6.56. The summed E-state index contributed by atoms with van der Waals surface area (Å²) in [6.07, 6.45) is 3.39. The van der Waals surface area contributed by atoms with Gasteiger partial charge < -0.3 is 15.0 Å². The SMILES string of the molecule is COc1ccc(C)cc1/C=C/C(=O)N(Cc1ccccc1)C(C)c1cccc(NC(C)=O)c1. The average molecular weight is 443 g/mol. The summed E-state index contributed by atoms with van der Waals surface area (Å²) < 4.78 is 5.44. The first-order chi connectivity index (χ1) is 15.9. The summed E-state index contributed by atoms with van der Waals surface area (Å²) in [5.74, 6) is 0.474. The Morgan fingerprint density at radius 3 is 2.48 bits per heavy atom. The van der Waals surface area contributed by atoms with E-state index in [0.717, 1.165) is 28.0 Å². The maximum atomic E-state index is 13.4. The van der Waals surface area contributed by atoms with Crippen molar-refractivity contribution in [2.45, 2.75) is 33.4 Å².